The molecule has 0 radical (unpaired) electrons. The van der Waals surface area contributed by atoms with Crippen molar-refractivity contribution in [2.45, 2.75) is 18.4 Å². The van der Waals surface area contributed by atoms with Gasteiger partial charge < -0.3 is 5.32 Å². The monoisotopic (exact) mass is 434 g/mol. The van der Waals surface area contributed by atoms with Crippen molar-refractivity contribution in [2.24, 2.45) is 0 Å². The van der Waals surface area contributed by atoms with Crippen LogP contribution in [0.3, 0.4) is 0 Å². The van der Waals surface area contributed by atoms with Gasteiger partial charge in [-0.25, -0.2) is 17.5 Å². The van der Waals surface area contributed by atoms with Gasteiger partial charge in [0, 0.05) is 11.3 Å². The van der Waals surface area contributed by atoms with Crippen LogP contribution in [0.15, 0.2) is 53.4 Å². The van der Waals surface area contributed by atoms with E-state index in [1.54, 1.807) is 0 Å². The van der Waals surface area contributed by atoms with Gasteiger partial charge in [-0.2, -0.15) is 0 Å². The van der Waals surface area contributed by atoms with Crippen LogP contribution in [0.1, 0.15) is 32.1 Å². The molecule has 1 aromatic heterocycles. The van der Waals surface area contributed by atoms with E-state index in [1.807, 2.05) is 0 Å². The highest BCUT2D eigenvalue weighted by Crippen LogP contribution is 2.16. The molecule has 0 fully saturated rings. The topological polar surface area (TPSA) is 118 Å². The molecule has 3 aromatic rings. The summed E-state index contributed by atoms with van der Waals surface area (Å²) in [6.07, 6.45) is 0. The number of benzene rings is 2. The molecule has 1 heterocycles. The Balaban J connectivity index is 1.62. The highest BCUT2D eigenvalue weighted by atomic mass is 32.2. The summed E-state index contributed by atoms with van der Waals surface area (Å²) in [4.78, 5) is 23.4. The molecule has 0 saturated carbocycles. The summed E-state index contributed by atoms with van der Waals surface area (Å²) in [6.45, 7) is 1.24. The fraction of sp³-hybridized carbons (Fsp3) is 0.111. The van der Waals surface area contributed by atoms with Crippen LogP contribution in [0, 0.1) is 5.82 Å². The molecule has 2 aromatic carbocycles. The molecule has 0 unspecified atom stereocenters. The Labute approximate surface area is 169 Å². The van der Waals surface area contributed by atoms with E-state index in [0.717, 1.165) is 11.3 Å². The predicted molar refractivity (Wildman–Crippen MR) is 105 cm³/mol. The van der Waals surface area contributed by atoms with Crippen LogP contribution < -0.4 is 10.0 Å². The van der Waals surface area contributed by atoms with Gasteiger partial charge in [0.2, 0.25) is 15.0 Å². The zero-order valence-electron chi connectivity index (χ0n) is 15.0. The van der Waals surface area contributed by atoms with E-state index in [0.29, 0.717) is 11.3 Å². The molecule has 0 atom stereocenters. The zero-order valence-corrected chi connectivity index (χ0v) is 16.7. The number of nitrogens with one attached hydrogen (secondary N) is 2. The normalized spacial score (nSPS) is 11.2. The summed E-state index contributed by atoms with van der Waals surface area (Å²) in [5.74, 6) is -1.13. The average molecular weight is 434 g/mol. The van der Waals surface area contributed by atoms with Gasteiger partial charge in [-0.15, -0.1) is 10.2 Å². The number of Topliss-reactive ketones (excluding diaryl/α,β-unsaturated/α-hetero) is 1. The number of nitrogens with zero attached hydrogens (tertiary/aromatic N) is 2. The van der Waals surface area contributed by atoms with Crippen molar-refractivity contribution in [3.8, 4) is 0 Å². The molecule has 29 heavy (non-hydrogen) atoms. The second kappa shape index (κ2) is 8.55. The number of aromatic nitrogens is 2. The van der Waals surface area contributed by atoms with Crippen molar-refractivity contribution in [3.05, 3.63) is 69.9 Å². The molecular weight excluding hydrogens is 419 g/mol. The van der Waals surface area contributed by atoms with E-state index in [2.05, 4.69) is 20.2 Å². The number of amides is 1. The predicted octanol–water partition coefficient (Wildman–Crippen LogP) is 2.61. The standard InChI is InChI=1S/C18H15FN4O4S2/c1-11(24)12-2-8-15(9-3-12)29(26,27)20-10-16-22-23-18(28-16)17(25)21-14-6-4-13(19)5-7-14/h2-9,20H,10H2,1H3,(H,21,25). The first-order valence-electron chi connectivity index (χ1n) is 8.24. The number of hydrogen-bond donors (Lipinski definition) is 2. The third-order valence-corrected chi connectivity index (χ3v) is 6.09. The van der Waals surface area contributed by atoms with Crippen molar-refractivity contribution in [1.29, 1.82) is 0 Å². The Hall–Kier alpha value is -3.02. The molecule has 0 aliphatic carbocycles. The van der Waals surface area contributed by atoms with Crippen LogP contribution in [0.25, 0.3) is 0 Å². The first-order chi connectivity index (χ1) is 13.7. The van der Waals surface area contributed by atoms with Crippen molar-refractivity contribution in [1.82, 2.24) is 14.9 Å². The Kier molecular flexibility index (Phi) is 6.11. The lowest BCUT2D eigenvalue weighted by Crippen LogP contribution is -2.23. The van der Waals surface area contributed by atoms with E-state index in [4.69, 9.17) is 0 Å². The van der Waals surface area contributed by atoms with Gasteiger partial charge in [0.15, 0.2) is 5.78 Å². The minimum absolute atomic E-state index is 0.00120. The lowest BCUT2D eigenvalue weighted by molar-refractivity contribution is 0.101. The Morgan fingerprint density at radius 2 is 1.69 bits per heavy atom. The first kappa shape index (κ1) is 20.7. The van der Waals surface area contributed by atoms with Crippen molar-refractivity contribution >= 4 is 38.7 Å². The molecule has 0 saturated heterocycles. The Morgan fingerprint density at radius 1 is 1.03 bits per heavy atom. The van der Waals surface area contributed by atoms with Crippen LogP contribution >= 0.6 is 11.3 Å². The van der Waals surface area contributed by atoms with Gasteiger partial charge in [-0.1, -0.05) is 23.5 Å². The van der Waals surface area contributed by atoms with Gasteiger partial charge >= 0.3 is 0 Å². The van der Waals surface area contributed by atoms with Crippen molar-refractivity contribution in [2.75, 3.05) is 5.32 Å². The second-order valence-electron chi connectivity index (χ2n) is 5.87. The van der Waals surface area contributed by atoms with Gasteiger partial charge in [0.05, 0.1) is 11.4 Å². The molecule has 0 aliphatic heterocycles. The van der Waals surface area contributed by atoms with E-state index >= 15 is 0 Å². The van der Waals surface area contributed by atoms with E-state index in [1.165, 1.54) is 55.5 Å². The largest absolute Gasteiger partial charge is 0.320 e. The molecule has 150 valence electrons. The molecule has 11 heteroatoms. The molecular formula is C18H15FN4O4S2. The van der Waals surface area contributed by atoms with E-state index in [9.17, 15) is 22.4 Å². The highest BCUT2D eigenvalue weighted by Gasteiger charge is 2.17. The van der Waals surface area contributed by atoms with Gasteiger partial charge in [0.25, 0.3) is 5.91 Å². The number of halogens is 1. The lowest BCUT2D eigenvalue weighted by atomic mass is 10.2. The minimum Gasteiger partial charge on any atom is -0.320 e. The summed E-state index contributed by atoms with van der Waals surface area (Å²) in [6, 6.07) is 10.8. The van der Waals surface area contributed by atoms with Gasteiger partial charge in [-0.05, 0) is 43.3 Å². The number of anilines is 1. The molecule has 8 nitrogen and oxygen atoms in total. The molecule has 2 N–H and O–H groups in total. The highest BCUT2D eigenvalue weighted by molar-refractivity contribution is 7.89. The molecule has 1 amide bonds. The maximum Gasteiger partial charge on any atom is 0.286 e. The summed E-state index contributed by atoms with van der Waals surface area (Å²) >= 11 is 0.926. The summed E-state index contributed by atoms with van der Waals surface area (Å²) in [5.41, 5.74) is 0.799. The number of ketones is 1. The summed E-state index contributed by atoms with van der Waals surface area (Å²) in [7, 11) is -3.82. The zero-order chi connectivity index (χ0) is 21.0. The van der Waals surface area contributed by atoms with Crippen LogP contribution in [0.5, 0.6) is 0 Å². The average Bonchev–Trinajstić information content (AvgIpc) is 3.18. The van der Waals surface area contributed by atoms with Crippen molar-refractivity contribution in [3.63, 3.8) is 0 Å². The van der Waals surface area contributed by atoms with Crippen LogP contribution in [-0.4, -0.2) is 30.3 Å². The molecule has 0 spiro atoms. The number of rotatable bonds is 7. The van der Waals surface area contributed by atoms with Crippen molar-refractivity contribution < 1.29 is 22.4 Å². The smallest absolute Gasteiger partial charge is 0.286 e. The quantitative estimate of drug-likeness (QED) is 0.552. The lowest BCUT2D eigenvalue weighted by Gasteiger charge is -2.05. The summed E-state index contributed by atoms with van der Waals surface area (Å²) in [5, 5.41) is 10.4. The second-order valence-corrected chi connectivity index (χ2v) is 8.70. The fourth-order valence-corrected chi connectivity index (χ4v) is 4.00. The number of sulfonamides is 1. The minimum atomic E-state index is -3.82. The Morgan fingerprint density at radius 3 is 2.31 bits per heavy atom. The van der Waals surface area contributed by atoms with E-state index in [-0.39, 0.29) is 27.2 Å². The SMILES string of the molecule is CC(=O)c1ccc(S(=O)(=O)NCc2nnc(C(=O)Nc3ccc(F)cc3)s2)cc1. The van der Waals surface area contributed by atoms with Crippen LogP contribution in [-0.2, 0) is 16.6 Å². The third-order valence-electron chi connectivity index (χ3n) is 3.75. The van der Waals surface area contributed by atoms with Gasteiger partial charge in [0.1, 0.15) is 10.8 Å². The Bertz CT molecular complexity index is 1140. The number of carbonyl (C=O) groups excluding carboxylic acids is 2. The summed E-state index contributed by atoms with van der Waals surface area (Å²) < 4.78 is 40.0. The van der Waals surface area contributed by atoms with Crippen LogP contribution in [0.4, 0.5) is 10.1 Å². The third kappa shape index (κ3) is 5.28. The number of carbonyl (C=O) groups is 2. The molecule has 3 rings (SSSR count). The number of hydrogen-bond acceptors (Lipinski definition) is 7. The van der Waals surface area contributed by atoms with Gasteiger partial charge in [-0.3, -0.25) is 9.59 Å². The molecule has 0 bridgehead atoms. The molecule has 0 aliphatic rings. The maximum atomic E-state index is 12.9. The van der Waals surface area contributed by atoms with Crippen LogP contribution in [0.2, 0.25) is 0 Å². The maximum absolute atomic E-state index is 12.9. The first-order valence-corrected chi connectivity index (χ1v) is 10.5. The fourth-order valence-electron chi connectivity index (χ4n) is 2.24. The van der Waals surface area contributed by atoms with E-state index < -0.39 is 21.7 Å².